The molecule has 1 aromatic carbocycles. The van der Waals surface area contributed by atoms with Crippen molar-refractivity contribution < 1.29 is 4.42 Å². The third-order valence-corrected chi connectivity index (χ3v) is 2.97. The van der Waals surface area contributed by atoms with Gasteiger partial charge >= 0.3 is 5.76 Å². The lowest BCUT2D eigenvalue weighted by molar-refractivity contribution is 0.528. The molecule has 92 valence electrons. The molecule has 17 heavy (non-hydrogen) atoms. The van der Waals surface area contributed by atoms with Crippen molar-refractivity contribution in [2.24, 2.45) is 7.05 Å². The summed E-state index contributed by atoms with van der Waals surface area (Å²) in [5.41, 5.74) is 2.58. The van der Waals surface area contributed by atoms with Crippen LogP contribution in [0.1, 0.15) is 11.6 Å². The van der Waals surface area contributed by atoms with Gasteiger partial charge in [-0.05, 0) is 31.8 Å². The van der Waals surface area contributed by atoms with Gasteiger partial charge in [-0.15, -0.1) is 0 Å². The highest BCUT2D eigenvalue weighted by Crippen LogP contribution is 2.19. The second-order valence-electron chi connectivity index (χ2n) is 4.05. The quantitative estimate of drug-likeness (QED) is 0.815. The highest BCUT2D eigenvalue weighted by molar-refractivity contribution is 5.73. The molecule has 0 radical (unpaired) electrons. The summed E-state index contributed by atoms with van der Waals surface area (Å²) >= 11 is 0. The highest BCUT2D eigenvalue weighted by Gasteiger charge is 2.11. The number of rotatable bonds is 4. The molecule has 1 aromatic heterocycles. The minimum atomic E-state index is -0.327. The molecule has 0 spiro atoms. The maximum atomic E-state index is 11.4. The van der Waals surface area contributed by atoms with E-state index in [2.05, 4.69) is 10.6 Å². The smallest absolute Gasteiger partial charge is 0.408 e. The zero-order chi connectivity index (χ0) is 12.4. The summed E-state index contributed by atoms with van der Waals surface area (Å²) < 4.78 is 6.62. The Balaban J connectivity index is 2.49. The van der Waals surface area contributed by atoms with Crippen LogP contribution < -0.4 is 16.4 Å². The molecule has 5 heteroatoms. The van der Waals surface area contributed by atoms with Gasteiger partial charge in [-0.3, -0.25) is 4.57 Å². The van der Waals surface area contributed by atoms with Gasteiger partial charge in [0.2, 0.25) is 0 Å². The van der Waals surface area contributed by atoms with Gasteiger partial charge in [-0.25, -0.2) is 4.79 Å². The highest BCUT2D eigenvalue weighted by atomic mass is 16.4. The van der Waals surface area contributed by atoms with Crippen LogP contribution in [0.15, 0.2) is 27.4 Å². The summed E-state index contributed by atoms with van der Waals surface area (Å²) in [4.78, 5) is 11.4. The van der Waals surface area contributed by atoms with Crippen LogP contribution in [-0.4, -0.2) is 25.2 Å². The van der Waals surface area contributed by atoms with Crippen LogP contribution in [0.4, 0.5) is 0 Å². The minimum Gasteiger partial charge on any atom is -0.408 e. The molecule has 2 rings (SSSR count). The van der Waals surface area contributed by atoms with E-state index in [1.54, 1.807) is 7.05 Å². The van der Waals surface area contributed by atoms with Crippen molar-refractivity contribution >= 4 is 11.1 Å². The molecule has 0 bridgehead atoms. The van der Waals surface area contributed by atoms with Gasteiger partial charge in [0.15, 0.2) is 5.58 Å². The molecule has 2 aromatic rings. The molecule has 0 aliphatic heterocycles. The lowest BCUT2D eigenvalue weighted by Gasteiger charge is -2.15. The zero-order valence-corrected chi connectivity index (χ0v) is 10.3. The van der Waals surface area contributed by atoms with Crippen LogP contribution in [0, 0.1) is 0 Å². The van der Waals surface area contributed by atoms with Crippen LogP contribution in [0.25, 0.3) is 11.1 Å². The van der Waals surface area contributed by atoms with Crippen molar-refractivity contribution in [3.63, 3.8) is 0 Å². The molecule has 0 amide bonds. The van der Waals surface area contributed by atoms with Crippen LogP contribution in [0.5, 0.6) is 0 Å². The van der Waals surface area contributed by atoms with Crippen molar-refractivity contribution in [2.75, 3.05) is 20.6 Å². The van der Waals surface area contributed by atoms with Crippen LogP contribution in [-0.2, 0) is 7.05 Å². The Labute approximate surface area is 99.4 Å². The van der Waals surface area contributed by atoms with Crippen molar-refractivity contribution in [3.8, 4) is 0 Å². The maximum Gasteiger partial charge on any atom is 0.419 e. The molecule has 1 atom stereocenters. The molecule has 0 aliphatic carbocycles. The maximum absolute atomic E-state index is 11.4. The van der Waals surface area contributed by atoms with Crippen molar-refractivity contribution in [1.82, 2.24) is 15.2 Å². The summed E-state index contributed by atoms with van der Waals surface area (Å²) in [5, 5.41) is 6.36. The van der Waals surface area contributed by atoms with Crippen LogP contribution in [0.3, 0.4) is 0 Å². The Morgan fingerprint density at radius 3 is 2.82 bits per heavy atom. The largest absolute Gasteiger partial charge is 0.419 e. The van der Waals surface area contributed by atoms with E-state index >= 15 is 0 Å². The minimum absolute atomic E-state index is 0.217. The number of hydrogen-bond acceptors (Lipinski definition) is 4. The Hall–Kier alpha value is -1.59. The fourth-order valence-electron chi connectivity index (χ4n) is 1.95. The summed E-state index contributed by atoms with van der Waals surface area (Å²) in [5.74, 6) is -0.327. The summed E-state index contributed by atoms with van der Waals surface area (Å²) in [6.45, 7) is 0.827. The predicted molar refractivity (Wildman–Crippen MR) is 67.2 cm³/mol. The van der Waals surface area contributed by atoms with E-state index in [9.17, 15) is 4.79 Å². The number of nitrogens with zero attached hydrogens (tertiary/aromatic N) is 1. The molecule has 5 nitrogen and oxygen atoms in total. The van der Waals surface area contributed by atoms with Gasteiger partial charge < -0.3 is 15.1 Å². The Morgan fingerprint density at radius 2 is 2.18 bits per heavy atom. The number of nitrogens with one attached hydrogen (secondary N) is 2. The Bertz CT molecular complexity index is 571. The van der Waals surface area contributed by atoms with Gasteiger partial charge in [0.1, 0.15) is 0 Å². The third kappa shape index (κ3) is 2.11. The van der Waals surface area contributed by atoms with Crippen LogP contribution in [0.2, 0.25) is 0 Å². The average Bonchev–Trinajstić information content (AvgIpc) is 2.62. The summed E-state index contributed by atoms with van der Waals surface area (Å²) in [7, 11) is 5.54. The molecule has 1 heterocycles. The number of aromatic nitrogens is 1. The normalized spacial score (nSPS) is 13.1. The van der Waals surface area contributed by atoms with Gasteiger partial charge in [-0.1, -0.05) is 6.07 Å². The lowest BCUT2D eigenvalue weighted by Crippen LogP contribution is -2.27. The molecule has 2 N–H and O–H groups in total. The van der Waals surface area contributed by atoms with Gasteiger partial charge in [0, 0.05) is 19.6 Å². The second kappa shape index (κ2) is 4.73. The summed E-state index contributed by atoms with van der Waals surface area (Å²) in [6, 6.07) is 6.02. The first-order valence-corrected chi connectivity index (χ1v) is 5.58. The molecule has 0 fully saturated rings. The number of oxazole rings is 1. The molecular formula is C12H17N3O2. The number of likely N-dealkylation sites (N-methyl/N-ethyl adjacent to an activating group) is 2. The van der Waals surface area contributed by atoms with E-state index in [-0.39, 0.29) is 11.8 Å². The standard InChI is InChI=1S/C12H17N3O2/c1-13-7-9(14-2)8-4-5-11-10(6-8)15(3)12(16)17-11/h4-6,9,13-14H,7H2,1-3H3. The van der Waals surface area contributed by atoms with Crippen molar-refractivity contribution in [2.45, 2.75) is 6.04 Å². The number of benzene rings is 1. The van der Waals surface area contributed by atoms with E-state index in [0.29, 0.717) is 5.58 Å². The zero-order valence-electron chi connectivity index (χ0n) is 10.3. The van der Waals surface area contributed by atoms with Crippen molar-refractivity contribution in [1.29, 1.82) is 0 Å². The fraction of sp³-hybridized carbons (Fsp3) is 0.417. The first-order valence-electron chi connectivity index (χ1n) is 5.58. The van der Waals surface area contributed by atoms with E-state index in [4.69, 9.17) is 4.42 Å². The van der Waals surface area contributed by atoms with E-state index in [0.717, 1.165) is 17.6 Å². The van der Waals surface area contributed by atoms with E-state index in [1.807, 2.05) is 32.3 Å². The Kier molecular flexibility index (Phi) is 3.31. The van der Waals surface area contributed by atoms with Gasteiger partial charge in [0.05, 0.1) is 5.52 Å². The molecule has 1 unspecified atom stereocenters. The second-order valence-corrected chi connectivity index (χ2v) is 4.05. The Morgan fingerprint density at radius 1 is 1.41 bits per heavy atom. The van der Waals surface area contributed by atoms with Gasteiger partial charge in [0.25, 0.3) is 0 Å². The van der Waals surface area contributed by atoms with Crippen molar-refractivity contribution in [3.05, 3.63) is 34.3 Å². The third-order valence-electron chi connectivity index (χ3n) is 2.97. The molecule has 0 saturated carbocycles. The summed E-state index contributed by atoms with van der Waals surface area (Å²) in [6.07, 6.45) is 0. The van der Waals surface area contributed by atoms with Gasteiger partial charge in [-0.2, -0.15) is 0 Å². The van der Waals surface area contributed by atoms with E-state index in [1.165, 1.54) is 4.57 Å². The first-order chi connectivity index (χ1) is 8.17. The molecule has 0 aliphatic rings. The topological polar surface area (TPSA) is 59.2 Å². The van der Waals surface area contributed by atoms with E-state index < -0.39 is 0 Å². The first kappa shape index (κ1) is 11.9. The SMILES string of the molecule is CNCC(NC)c1ccc2oc(=O)n(C)c2c1. The monoisotopic (exact) mass is 235 g/mol. The average molecular weight is 235 g/mol. The number of aryl methyl sites for hydroxylation is 1. The van der Waals surface area contributed by atoms with Crippen LogP contribution >= 0.6 is 0 Å². The molecular weight excluding hydrogens is 218 g/mol. The predicted octanol–water partition coefficient (Wildman–Crippen LogP) is 0.611. The fourth-order valence-corrected chi connectivity index (χ4v) is 1.95. The lowest BCUT2D eigenvalue weighted by atomic mass is 10.1. The molecule has 0 saturated heterocycles. The number of fused-ring (bicyclic) bond motifs is 1. The number of hydrogen-bond donors (Lipinski definition) is 2.